The number of halogens is 3. The Hall–Kier alpha value is -1.82. The summed E-state index contributed by atoms with van der Waals surface area (Å²) in [4.78, 5) is 4.26. The van der Waals surface area contributed by atoms with Crippen LogP contribution in [0.3, 0.4) is 0 Å². The van der Waals surface area contributed by atoms with Crippen LogP contribution in [0.25, 0.3) is 0 Å². The molecule has 1 heterocycles. The molecule has 6 heteroatoms. The smallest absolute Gasteiger partial charge is 0.329 e. The molecule has 3 nitrogen and oxygen atoms in total. The van der Waals surface area contributed by atoms with Gasteiger partial charge in [0, 0.05) is 18.9 Å². The average Bonchev–Trinajstić information content (AvgIpc) is 2.85. The summed E-state index contributed by atoms with van der Waals surface area (Å²) < 4.78 is 40.1. The molecule has 120 valence electrons. The zero-order valence-corrected chi connectivity index (χ0v) is 12.7. The molecule has 0 fully saturated rings. The van der Waals surface area contributed by atoms with Gasteiger partial charge in [0.25, 0.3) is 0 Å². The molecule has 0 radical (unpaired) electrons. The predicted molar refractivity (Wildman–Crippen MR) is 79.3 cm³/mol. The van der Waals surface area contributed by atoms with Gasteiger partial charge in [0.15, 0.2) is 0 Å². The highest BCUT2D eigenvalue weighted by Crippen LogP contribution is 2.29. The van der Waals surface area contributed by atoms with E-state index < -0.39 is 11.7 Å². The second-order valence-electron chi connectivity index (χ2n) is 5.69. The number of hydrogen-bond donors (Lipinski definition) is 1. The second kappa shape index (κ2) is 6.96. The summed E-state index contributed by atoms with van der Waals surface area (Å²) in [5, 5.41) is 3.29. The van der Waals surface area contributed by atoms with E-state index in [-0.39, 0.29) is 0 Å². The lowest BCUT2D eigenvalue weighted by molar-refractivity contribution is -0.137. The van der Waals surface area contributed by atoms with Crippen molar-refractivity contribution in [3.05, 3.63) is 53.6 Å². The number of nitrogens with one attached hydrogen (secondary N) is 1. The van der Waals surface area contributed by atoms with E-state index in [1.807, 2.05) is 4.57 Å². The lowest BCUT2D eigenvalue weighted by atomic mass is 10.1. The molecular weight excluding hydrogens is 291 g/mol. The maximum atomic E-state index is 12.7. The highest BCUT2D eigenvalue weighted by atomic mass is 19.4. The molecule has 22 heavy (non-hydrogen) atoms. The van der Waals surface area contributed by atoms with E-state index >= 15 is 0 Å². The van der Waals surface area contributed by atoms with E-state index in [0.29, 0.717) is 24.6 Å². The van der Waals surface area contributed by atoms with Crippen molar-refractivity contribution in [2.45, 2.75) is 33.1 Å². The van der Waals surface area contributed by atoms with E-state index in [9.17, 15) is 13.2 Å². The number of imidazole rings is 1. The molecule has 1 aromatic heterocycles. The maximum Gasteiger partial charge on any atom is 0.416 e. The molecule has 0 spiro atoms. The minimum Gasteiger partial charge on any atom is -0.329 e. The van der Waals surface area contributed by atoms with Gasteiger partial charge in [-0.25, -0.2) is 4.98 Å². The molecule has 0 unspecified atom stereocenters. The van der Waals surface area contributed by atoms with Crippen molar-refractivity contribution in [3.63, 3.8) is 0 Å². The Kier molecular flexibility index (Phi) is 5.24. The van der Waals surface area contributed by atoms with Crippen LogP contribution in [0, 0.1) is 5.92 Å². The van der Waals surface area contributed by atoms with Crippen molar-refractivity contribution in [3.8, 4) is 0 Å². The Balaban J connectivity index is 2.07. The Labute approximate surface area is 128 Å². The Morgan fingerprint density at radius 2 is 2.05 bits per heavy atom. The first-order valence-corrected chi connectivity index (χ1v) is 7.23. The highest BCUT2D eigenvalue weighted by molar-refractivity contribution is 5.26. The number of rotatable bonds is 6. The van der Waals surface area contributed by atoms with Gasteiger partial charge in [-0.2, -0.15) is 13.2 Å². The molecule has 2 rings (SSSR count). The lowest BCUT2D eigenvalue weighted by Crippen LogP contribution is -2.21. The zero-order valence-electron chi connectivity index (χ0n) is 12.7. The molecule has 1 aromatic carbocycles. The van der Waals surface area contributed by atoms with E-state index in [0.717, 1.165) is 18.4 Å². The Bertz CT molecular complexity index is 603. The van der Waals surface area contributed by atoms with Gasteiger partial charge in [-0.1, -0.05) is 26.0 Å². The van der Waals surface area contributed by atoms with Crippen LogP contribution in [0.1, 0.15) is 30.8 Å². The topological polar surface area (TPSA) is 29.9 Å². The zero-order chi connectivity index (χ0) is 16.2. The first kappa shape index (κ1) is 16.5. The van der Waals surface area contributed by atoms with Gasteiger partial charge in [0.1, 0.15) is 5.82 Å². The molecule has 2 aromatic rings. The Morgan fingerprint density at radius 3 is 2.73 bits per heavy atom. The molecule has 0 saturated carbocycles. The largest absolute Gasteiger partial charge is 0.416 e. The fourth-order valence-electron chi connectivity index (χ4n) is 2.17. The number of benzene rings is 1. The van der Waals surface area contributed by atoms with Crippen LogP contribution in [0.15, 0.2) is 36.7 Å². The Morgan fingerprint density at radius 1 is 1.27 bits per heavy atom. The van der Waals surface area contributed by atoms with Crippen LogP contribution >= 0.6 is 0 Å². The molecule has 0 amide bonds. The fraction of sp³-hybridized carbons (Fsp3) is 0.438. The molecule has 0 bridgehead atoms. The van der Waals surface area contributed by atoms with Crippen molar-refractivity contribution < 1.29 is 13.2 Å². The van der Waals surface area contributed by atoms with Crippen molar-refractivity contribution in [2.24, 2.45) is 5.92 Å². The van der Waals surface area contributed by atoms with Gasteiger partial charge in [0.2, 0.25) is 0 Å². The summed E-state index contributed by atoms with van der Waals surface area (Å²) >= 11 is 0. The van der Waals surface area contributed by atoms with Crippen LogP contribution < -0.4 is 5.32 Å². The third-order valence-electron chi connectivity index (χ3n) is 3.24. The van der Waals surface area contributed by atoms with E-state index in [4.69, 9.17) is 0 Å². The summed E-state index contributed by atoms with van der Waals surface area (Å²) in [5.41, 5.74) is -0.0115. The van der Waals surface area contributed by atoms with E-state index in [1.165, 1.54) is 12.1 Å². The number of alkyl halides is 3. The van der Waals surface area contributed by atoms with E-state index in [1.54, 1.807) is 18.5 Å². The summed E-state index contributed by atoms with van der Waals surface area (Å²) in [7, 11) is 0. The first-order valence-electron chi connectivity index (χ1n) is 7.23. The quantitative estimate of drug-likeness (QED) is 0.881. The minimum atomic E-state index is -4.31. The normalized spacial score (nSPS) is 12.1. The summed E-state index contributed by atoms with van der Waals surface area (Å²) in [5.74, 6) is 1.35. The fourth-order valence-corrected chi connectivity index (χ4v) is 2.17. The second-order valence-corrected chi connectivity index (χ2v) is 5.69. The van der Waals surface area contributed by atoms with Gasteiger partial charge in [-0.05, 0) is 30.2 Å². The summed E-state index contributed by atoms with van der Waals surface area (Å²) in [6, 6.07) is 5.40. The van der Waals surface area contributed by atoms with Crippen LogP contribution in [0.5, 0.6) is 0 Å². The van der Waals surface area contributed by atoms with Crippen molar-refractivity contribution in [2.75, 3.05) is 6.54 Å². The molecule has 0 saturated heterocycles. The summed E-state index contributed by atoms with van der Waals surface area (Å²) in [6.45, 7) is 6.08. The third kappa shape index (κ3) is 4.59. The summed E-state index contributed by atoms with van der Waals surface area (Å²) in [6.07, 6.45) is -0.862. The van der Waals surface area contributed by atoms with Crippen LogP contribution in [-0.4, -0.2) is 16.1 Å². The van der Waals surface area contributed by atoms with E-state index in [2.05, 4.69) is 24.1 Å². The monoisotopic (exact) mass is 311 g/mol. The SMILES string of the molecule is CC(C)CNCc1nccn1Cc1cccc(C(F)(F)F)c1. The molecule has 0 aliphatic rings. The molecule has 0 aliphatic carbocycles. The van der Waals surface area contributed by atoms with Gasteiger partial charge in [-0.15, -0.1) is 0 Å². The number of nitrogens with zero attached hydrogens (tertiary/aromatic N) is 2. The van der Waals surface area contributed by atoms with Gasteiger partial charge >= 0.3 is 6.18 Å². The van der Waals surface area contributed by atoms with Crippen molar-refractivity contribution in [1.82, 2.24) is 14.9 Å². The highest BCUT2D eigenvalue weighted by Gasteiger charge is 2.30. The van der Waals surface area contributed by atoms with Crippen molar-refractivity contribution in [1.29, 1.82) is 0 Å². The molecule has 0 atom stereocenters. The number of hydrogen-bond acceptors (Lipinski definition) is 2. The molecule has 0 aliphatic heterocycles. The predicted octanol–water partition coefficient (Wildman–Crippen LogP) is 3.70. The van der Waals surface area contributed by atoms with Crippen LogP contribution in [-0.2, 0) is 19.3 Å². The van der Waals surface area contributed by atoms with Crippen LogP contribution in [0.2, 0.25) is 0 Å². The van der Waals surface area contributed by atoms with Gasteiger partial charge < -0.3 is 9.88 Å². The molecule has 1 N–H and O–H groups in total. The number of aromatic nitrogens is 2. The standard InChI is InChI=1S/C16H20F3N3/c1-12(2)9-20-10-15-21-6-7-22(15)11-13-4-3-5-14(8-13)16(17,18)19/h3-8,12,20H,9-11H2,1-2H3. The maximum absolute atomic E-state index is 12.7. The average molecular weight is 311 g/mol. The minimum absolute atomic E-state index is 0.378. The van der Waals surface area contributed by atoms with Gasteiger partial charge in [-0.3, -0.25) is 0 Å². The van der Waals surface area contributed by atoms with Crippen LogP contribution in [0.4, 0.5) is 13.2 Å². The lowest BCUT2D eigenvalue weighted by Gasteiger charge is -2.12. The van der Waals surface area contributed by atoms with Gasteiger partial charge in [0.05, 0.1) is 12.1 Å². The first-order chi connectivity index (χ1) is 10.4. The third-order valence-corrected chi connectivity index (χ3v) is 3.24. The van der Waals surface area contributed by atoms with Crippen molar-refractivity contribution >= 4 is 0 Å². The molecular formula is C16H20F3N3.